The molecule has 0 saturated heterocycles. The van der Waals surface area contributed by atoms with E-state index >= 15 is 0 Å². The number of nitrogens with one attached hydrogen (secondary N) is 4. The van der Waals surface area contributed by atoms with E-state index in [-0.39, 0.29) is 12.0 Å². The highest BCUT2D eigenvalue weighted by molar-refractivity contribution is 5.99. The van der Waals surface area contributed by atoms with Gasteiger partial charge in [0.1, 0.15) is 17.4 Å². The Kier molecular flexibility index (Phi) is 6.21. The van der Waals surface area contributed by atoms with Crippen LogP contribution in [0.1, 0.15) is 22.5 Å². The van der Waals surface area contributed by atoms with Gasteiger partial charge >= 0.3 is 12.0 Å². The Morgan fingerprint density at radius 3 is 2.36 bits per heavy atom. The molecule has 2 amide bonds. The zero-order chi connectivity index (χ0) is 23.4. The van der Waals surface area contributed by atoms with E-state index in [0.29, 0.717) is 17.3 Å². The highest BCUT2D eigenvalue weighted by Gasteiger charge is 2.10. The van der Waals surface area contributed by atoms with Crippen LogP contribution >= 0.6 is 0 Å². The van der Waals surface area contributed by atoms with Gasteiger partial charge in [-0.15, -0.1) is 0 Å². The van der Waals surface area contributed by atoms with E-state index in [9.17, 15) is 4.79 Å². The molecule has 0 bridgehead atoms. The van der Waals surface area contributed by atoms with Crippen LogP contribution in [0.25, 0.3) is 0 Å². The van der Waals surface area contributed by atoms with Crippen molar-refractivity contribution in [2.24, 2.45) is 0 Å². The second-order valence-electron chi connectivity index (χ2n) is 7.76. The number of aryl methyl sites for hydroxylation is 4. The van der Waals surface area contributed by atoms with Crippen molar-refractivity contribution >= 4 is 29.0 Å². The number of hydrogen-bond donors (Lipinski definition) is 4. The summed E-state index contributed by atoms with van der Waals surface area (Å²) in [6, 6.07) is 16.6. The van der Waals surface area contributed by atoms with E-state index in [1.54, 1.807) is 12.1 Å². The van der Waals surface area contributed by atoms with Gasteiger partial charge in [0, 0.05) is 29.2 Å². The number of aromatic nitrogens is 4. The zero-order valence-corrected chi connectivity index (χ0v) is 18.9. The van der Waals surface area contributed by atoms with Crippen molar-refractivity contribution < 1.29 is 9.53 Å². The van der Waals surface area contributed by atoms with Crippen LogP contribution in [0, 0.1) is 27.7 Å². The monoisotopic (exact) mass is 443 g/mol. The molecule has 0 unspecified atom stereocenters. The van der Waals surface area contributed by atoms with Gasteiger partial charge in [0.2, 0.25) is 0 Å². The maximum Gasteiger partial charge on any atom is 0.324 e. The van der Waals surface area contributed by atoms with Crippen LogP contribution in [0.5, 0.6) is 11.8 Å². The van der Waals surface area contributed by atoms with E-state index in [4.69, 9.17) is 4.74 Å². The fourth-order valence-electron chi connectivity index (χ4n) is 3.23. The fourth-order valence-corrected chi connectivity index (χ4v) is 3.23. The molecule has 0 aliphatic carbocycles. The molecule has 0 aliphatic rings. The number of rotatable bonds is 6. The van der Waals surface area contributed by atoms with E-state index < -0.39 is 0 Å². The molecule has 0 saturated carbocycles. The minimum Gasteiger partial charge on any atom is -0.424 e. The lowest BCUT2D eigenvalue weighted by Crippen LogP contribution is -2.19. The summed E-state index contributed by atoms with van der Waals surface area (Å²) in [7, 11) is 0. The molecule has 0 fully saturated rings. The van der Waals surface area contributed by atoms with Crippen LogP contribution < -0.4 is 20.7 Å². The maximum absolute atomic E-state index is 12.3. The Morgan fingerprint density at radius 1 is 0.879 bits per heavy atom. The average molecular weight is 444 g/mol. The fraction of sp³-hybridized carbons (Fsp3) is 0.167. The predicted octanol–water partition coefficient (Wildman–Crippen LogP) is 5.61. The van der Waals surface area contributed by atoms with Crippen molar-refractivity contribution in [2.45, 2.75) is 27.7 Å². The summed E-state index contributed by atoms with van der Waals surface area (Å²) < 4.78 is 5.93. The minimum atomic E-state index is -0.319. The maximum atomic E-state index is 12.3. The van der Waals surface area contributed by atoms with Crippen molar-refractivity contribution in [3.8, 4) is 11.8 Å². The molecule has 9 nitrogen and oxygen atoms in total. The number of benzene rings is 2. The molecule has 4 aromatic rings. The molecule has 0 radical (unpaired) electrons. The molecule has 2 aromatic heterocycles. The molecule has 33 heavy (non-hydrogen) atoms. The van der Waals surface area contributed by atoms with Crippen molar-refractivity contribution in [2.75, 3.05) is 16.0 Å². The lowest BCUT2D eigenvalue weighted by Gasteiger charge is -2.12. The first-order valence-electron chi connectivity index (χ1n) is 10.4. The summed E-state index contributed by atoms with van der Waals surface area (Å²) in [5, 5.41) is 15.8. The number of aromatic amines is 1. The number of anilines is 4. The van der Waals surface area contributed by atoms with Crippen LogP contribution in [-0.2, 0) is 0 Å². The first-order valence-corrected chi connectivity index (χ1v) is 10.4. The third-order valence-electron chi connectivity index (χ3n) is 4.71. The van der Waals surface area contributed by atoms with Gasteiger partial charge in [-0.1, -0.05) is 12.1 Å². The molecular formula is C24H25N7O2. The number of hydrogen-bond acceptors (Lipinski definition) is 6. The Balaban J connectivity index is 1.43. The predicted molar refractivity (Wildman–Crippen MR) is 128 cm³/mol. The molecule has 2 heterocycles. The van der Waals surface area contributed by atoms with Crippen LogP contribution in [-0.4, -0.2) is 26.2 Å². The van der Waals surface area contributed by atoms with Gasteiger partial charge in [-0.05, 0) is 69.2 Å². The third-order valence-corrected chi connectivity index (χ3v) is 4.71. The second-order valence-corrected chi connectivity index (χ2v) is 7.76. The van der Waals surface area contributed by atoms with Crippen molar-refractivity contribution in [1.29, 1.82) is 0 Å². The first kappa shape index (κ1) is 21.8. The number of ether oxygens (including phenoxy) is 1. The minimum absolute atomic E-state index is 0.217. The largest absolute Gasteiger partial charge is 0.424 e. The topological polar surface area (TPSA) is 117 Å². The SMILES string of the molecule is Cc1cccc(NC(=O)Nc2ccc(Oc3nc(C)cc(Nc4cc(C)n[nH]4)n3)c(C)c2)c1. The number of urea groups is 1. The van der Waals surface area contributed by atoms with Gasteiger partial charge in [-0.2, -0.15) is 10.1 Å². The molecular weight excluding hydrogens is 418 g/mol. The van der Waals surface area contributed by atoms with Gasteiger partial charge < -0.3 is 20.7 Å². The van der Waals surface area contributed by atoms with E-state index in [2.05, 4.69) is 36.1 Å². The van der Waals surface area contributed by atoms with E-state index in [0.717, 1.165) is 34.0 Å². The highest BCUT2D eigenvalue weighted by atomic mass is 16.5. The summed E-state index contributed by atoms with van der Waals surface area (Å²) in [6.45, 7) is 7.63. The Morgan fingerprint density at radius 2 is 1.67 bits per heavy atom. The number of nitrogens with zero attached hydrogens (tertiary/aromatic N) is 3. The number of carbonyl (C=O) groups is 1. The zero-order valence-electron chi connectivity index (χ0n) is 18.9. The van der Waals surface area contributed by atoms with E-state index in [1.807, 2.05) is 70.2 Å². The molecule has 9 heteroatoms. The van der Waals surface area contributed by atoms with Crippen molar-refractivity contribution in [3.05, 3.63) is 77.1 Å². The molecule has 0 aliphatic heterocycles. The van der Waals surface area contributed by atoms with Crippen LogP contribution in [0.3, 0.4) is 0 Å². The van der Waals surface area contributed by atoms with Crippen LogP contribution in [0.2, 0.25) is 0 Å². The molecule has 2 aromatic carbocycles. The third kappa shape index (κ3) is 5.85. The van der Waals surface area contributed by atoms with E-state index in [1.165, 1.54) is 0 Å². The molecule has 4 rings (SSSR count). The van der Waals surface area contributed by atoms with Gasteiger partial charge in [0.15, 0.2) is 0 Å². The van der Waals surface area contributed by atoms with Crippen molar-refractivity contribution in [1.82, 2.24) is 20.2 Å². The number of carbonyl (C=O) groups excluding carboxylic acids is 1. The smallest absolute Gasteiger partial charge is 0.324 e. The van der Waals surface area contributed by atoms with Gasteiger partial charge in [0.05, 0.1) is 5.69 Å². The lowest BCUT2D eigenvalue weighted by molar-refractivity contribution is 0.262. The second kappa shape index (κ2) is 9.39. The summed E-state index contributed by atoms with van der Waals surface area (Å²) in [5.41, 5.74) is 4.90. The van der Waals surface area contributed by atoms with Gasteiger partial charge in [0.25, 0.3) is 0 Å². The summed E-state index contributed by atoms with van der Waals surface area (Å²) in [4.78, 5) is 21.1. The summed E-state index contributed by atoms with van der Waals surface area (Å²) in [5.74, 6) is 1.91. The summed E-state index contributed by atoms with van der Waals surface area (Å²) in [6.07, 6.45) is 0. The molecule has 168 valence electrons. The lowest BCUT2D eigenvalue weighted by atomic mass is 10.2. The number of H-pyrrole nitrogens is 1. The molecule has 0 spiro atoms. The van der Waals surface area contributed by atoms with Gasteiger partial charge in [-0.3, -0.25) is 5.10 Å². The van der Waals surface area contributed by atoms with Gasteiger partial charge in [-0.25, -0.2) is 9.78 Å². The standard InChI is InChI=1S/C24H25N7O2/c1-14-6-5-7-18(10-14)26-23(32)27-19-8-9-20(15(2)11-19)33-24-25-16(3)12-21(29-24)28-22-13-17(4)30-31-22/h5-13H,1-4H3,(H2,26,27,32)(H2,25,28,29,30,31). The normalized spacial score (nSPS) is 10.5. The molecule has 0 atom stereocenters. The van der Waals surface area contributed by atoms with Crippen LogP contribution in [0.4, 0.5) is 27.8 Å². The average Bonchev–Trinajstić information content (AvgIpc) is 3.14. The highest BCUT2D eigenvalue weighted by Crippen LogP contribution is 2.27. The van der Waals surface area contributed by atoms with Crippen LogP contribution in [0.15, 0.2) is 54.6 Å². The Hall–Kier alpha value is -4.40. The van der Waals surface area contributed by atoms with Crippen molar-refractivity contribution in [3.63, 3.8) is 0 Å². The Bertz CT molecular complexity index is 1300. The Labute approximate surface area is 191 Å². The quantitative estimate of drug-likeness (QED) is 0.308. The number of amides is 2. The molecule has 4 N–H and O–H groups in total. The first-order chi connectivity index (χ1) is 15.8. The summed E-state index contributed by atoms with van der Waals surface area (Å²) >= 11 is 0.